The van der Waals surface area contributed by atoms with E-state index in [1.165, 1.54) is 11.1 Å². The topological polar surface area (TPSA) is 62.1 Å². The minimum Gasteiger partial charge on any atom is -0.388 e. The van der Waals surface area contributed by atoms with Gasteiger partial charge in [-0.2, -0.15) is 0 Å². The van der Waals surface area contributed by atoms with Gasteiger partial charge in [0.05, 0.1) is 0 Å². The van der Waals surface area contributed by atoms with Crippen LogP contribution < -0.4 is 4.90 Å². The summed E-state index contributed by atoms with van der Waals surface area (Å²) < 4.78 is 0. The van der Waals surface area contributed by atoms with Crippen LogP contribution >= 0.6 is 0 Å². The molecule has 1 aromatic carbocycles. The van der Waals surface area contributed by atoms with Crippen molar-refractivity contribution < 1.29 is 5.11 Å². The van der Waals surface area contributed by atoms with E-state index in [0.29, 0.717) is 5.82 Å². The number of aryl methyl sites for hydroxylation is 1. The lowest BCUT2D eigenvalue weighted by Crippen LogP contribution is -2.27. The Labute approximate surface area is 148 Å². The van der Waals surface area contributed by atoms with E-state index in [-0.39, 0.29) is 6.61 Å². The van der Waals surface area contributed by atoms with Gasteiger partial charge in [0.15, 0.2) is 5.82 Å². The van der Waals surface area contributed by atoms with Crippen LogP contribution in [0.25, 0.3) is 0 Å². The highest BCUT2D eigenvalue weighted by molar-refractivity contribution is 5.41. The molecule has 3 rings (SSSR count). The van der Waals surface area contributed by atoms with Crippen LogP contribution in [0.1, 0.15) is 22.6 Å². The van der Waals surface area contributed by atoms with E-state index in [1.54, 1.807) is 12.4 Å². The fourth-order valence-corrected chi connectivity index (χ4v) is 2.74. The van der Waals surface area contributed by atoms with Gasteiger partial charge >= 0.3 is 0 Å². The highest BCUT2D eigenvalue weighted by Gasteiger charge is 2.12. The first-order chi connectivity index (χ1) is 12.2. The fraction of sp³-hybridized carbons (Fsp3) is 0.250. The average molecular weight is 334 g/mol. The zero-order valence-corrected chi connectivity index (χ0v) is 14.3. The van der Waals surface area contributed by atoms with Crippen LogP contribution in [-0.2, 0) is 19.6 Å². The molecule has 0 fully saturated rings. The first kappa shape index (κ1) is 17.0. The molecule has 0 amide bonds. The van der Waals surface area contributed by atoms with Crippen LogP contribution in [0.15, 0.2) is 60.9 Å². The quantitative estimate of drug-likeness (QED) is 0.720. The molecule has 0 unspecified atom stereocenters. The van der Waals surface area contributed by atoms with E-state index >= 15 is 0 Å². The Kier molecular flexibility index (Phi) is 5.69. The third-order valence-electron chi connectivity index (χ3n) is 3.99. The van der Waals surface area contributed by atoms with E-state index in [2.05, 4.69) is 44.1 Å². The highest BCUT2D eigenvalue weighted by Crippen LogP contribution is 2.17. The van der Waals surface area contributed by atoms with Gasteiger partial charge in [-0.05, 0) is 36.6 Å². The van der Waals surface area contributed by atoms with Crippen molar-refractivity contribution in [2.45, 2.75) is 26.5 Å². The first-order valence-electron chi connectivity index (χ1n) is 8.38. The molecule has 0 radical (unpaired) electrons. The molecule has 25 heavy (non-hydrogen) atoms. The number of aromatic nitrogens is 3. The predicted octanol–water partition coefficient (Wildman–Crippen LogP) is 2.92. The molecule has 0 saturated carbocycles. The SMILES string of the molecule is Cc1cc(N(CCc2ccccc2)Cc2ccncc2)nc(CO)n1. The molecule has 0 spiro atoms. The maximum atomic E-state index is 9.41. The summed E-state index contributed by atoms with van der Waals surface area (Å²) in [7, 11) is 0. The minimum atomic E-state index is -0.156. The Balaban J connectivity index is 1.84. The zero-order valence-electron chi connectivity index (χ0n) is 14.3. The summed E-state index contributed by atoms with van der Waals surface area (Å²) in [6.07, 6.45) is 4.52. The Bertz CT molecular complexity index is 793. The van der Waals surface area contributed by atoms with Gasteiger partial charge in [-0.25, -0.2) is 9.97 Å². The highest BCUT2D eigenvalue weighted by atomic mass is 16.3. The van der Waals surface area contributed by atoms with Crippen molar-refractivity contribution in [3.8, 4) is 0 Å². The van der Waals surface area contributed by atoms with Crippen LogP contribution in [0.2, 0.25) is 0 Å². The molecule has 0 saturated heterocycles. The van der Waals surface area contributed by atoms with Crippen molar-refractivity contribution in [3.63, 3.8) is 0 Å². The minimum absolute atomic E-state index is 0.156. The van der Waals surface area contributed by atoms with Gasteiger partial charge < -0.3 is 10.0 Å². The third kappa shape index (κ3) is 4.84. The molecule has 1 N–H and O–H groups in total. The lowest BCUT2D eigenvalue weighted by atomic mass is 10.1. The molecule has 5 nitrogen and oxygen atoms in total. The summed E-state index contributed by atoms with van der Waals surface area (Å²) in [5, 5.41) is 9.41. The molecule has 3 aromatic rings. The number of anilines is 1. The maximum absolute atomic E-state index is 9.41. The van der Waals surface area contributed by atoms with E-state index in [0.717, 1.165) is 31.0 Å². The van der Waals surface area contributed by atoms with Gasteiger partial charge in [-0.3, -0.25) is 4.98 Å². The summed E-state index contributed by atoms with van der Waals surface area (Å²) in [4.78, 5) is 15.1. The first-order valence-corrected chi connectivity index (χ1v) is 8.38. The van der Waals surface area contributed by atoms with Crippen LogP contribution in [0.3, 0.4) is 0 Å². The Morgan fingerprint density at radius 2 is 1.72 bits per heavy atom. The number of nitrogens with zero attached hydrogens (tertiary/aromatic N) is 4. The molecule has 0 bridgehead atoms. The van der Waals surface area contributed by atoms with Crippen LogP contribution in [0.5, 0.6) is 0 Å². The van der Waals surface area contributed by atoms with E-state index in [4.69, 9.17) is 0 Å². The van der Waals surface area contributed by atoms with E-state index < -0.39 is 0 Å². The maximum Gasteiger partial charge on any atom is 0.156 e. The summed E-state index contributed by atoms with van der Waals surface area (Å²) >= 11 is 0. The van der Waals surface area contributed by atoms with Crippen molar-refractivity contribution in [2.75, 3.05) is 11.4 Å². The number of pyridine rings is 1. The van der Waals surface area contributed by atoms with Crippen LogP contribution in [0.4, 0.5) is 5.82 Å². The molecule has 128 valence electrons. The van der Waals surface area contributed by atoms with E-state index in [9.17, 15) is 5.11 Å². The largest absolute Gasteiger partial charge is 0.388 e. The second kappa shape index (κ2) is 8.35. The van der Waals surface area contributed by atoms with Gasteiger partial charge in [-0.15, -0.1) is 0 Å². The molecule has 0 atom stereocenters. The number of aliphatic hydroxyl groups is 1. The normalized spacial score (nSPS) is 10.6. The summed E-state index contributed by atoms with van der Waals surface area (Å²) in [6, 6.07) is 16.4. The Morgan fingerprint density at radius 3 is 2.44 bits per heavy atom. The molecule has 5 heteroatoms. The average Bonchev–Trinajstić information content (AvgIpc) is 2.66. The van der Waals surface area contributed by atoms with E-state index in [1.807, 2.05) is 31.2 Å². The number of hydrogen-bond donors (Lipinski definition) is 1. The molecule has 0 aliphatic heterocycles. The number of rotatable bonds is 7. The standard InChI is InChI=1S/C20H22N4O/c1-16-13-20(23-19(15-25)22-16)24(14-18-7-10-21-11-8-18)12-9-17-5-3-2-4-6-17/h2-8,10-11,13,25H,9,12,14-15H2,1H3. The van der Waals surface area contributed by atoms with Crippen molar-refractivity contribution in [3.05, 3.63) is 83.6 Å². The van der Waals surface area contributed by atoms with Crippen LogP contribution in [-0.4, -0.2) is 26.6 Å². The molecule has 0 aliphatic rings. The molecule has 0 aliphatic carbocycles. The van der Waals surface area contributed by atoms with Crippen molar-refractivity contribution in [1.82, 2.24) is 15.0 Å². The third-order valence-corrected chi connectivity index (χ3v) is 3.99. The zero-order chi connectivity index (χ0) is 17.5. The summed E-state index contributed by atoms with van der Waals surface area (Å²) in [5.74, 6) is 1.29. The number of benzene rings is 1. The summed E-state index contributed by atoms with van der Waals surface area (Å²) in [6.45, 7) is 3.33. The van der Waals surface area contributed by atoms with Gasteiger partial charge in [0.25, 0.3) is 0 Å². The molecule has 2 heterocycles. The predicted molar refractivity (Wildman–Crippen MR) is 98.1 cm³/mol. The van der Waals surface area contributed by atoms with Crippen molar-refractivity contribution >= 4 is 5.82 Å². The molecule has 2 aromatic heterocycles. The van der Waals surface area contributed by atoms with Gasteiger partial charge in [-0.1, -0.05) is 30.3 Å². The number of aliphatic hydroxyl groups excluding tert-OH is 1. The fourth-order valence-electron chi connectivity index (χ4n) is 2.74. The lowest BCUT2D eigenvalue weighted by molar-refractivity contribution is 0.271. The second-order valence-electron chi connectivity index (χ2n) is 5.95. The Morgan fingerprint density at radius 1 is 0.960 bits per heavy atom. The number of hydrogen-bond acceptors (Lipinski definition) is 5. The smallest absolute Gasteiger partial charge is 0.156 e. The van der Waals surface area contributed by atoms with Crippen molar-refractivity contribution in [1.29, 1.82) is 0 Å². The summed E-state index contributed by atoms with van der Waals surface area (Å²) in [5.41, 5.74) is 3.31. The lowest BCUT2D eigenvalue weighted by Gasteiger charge is -2.24. The van der Waals surface area contributed by atoms with Gasteiger partial charge in [0, 0.05) is 37.2 Å². The molecular formula is C20H22N4O. The Hall–Kier alpha value is -2.79. The van der Waals surface area contributed by atoms with Crippen LogP contribution in [0, 0.1) is 6.92 Å². The molecular weight excluding hydrogens is 312 g/mol. The van der Waals surface area contributed by atoms with Gasteiger partial charge in [0.2, 0.25) is 0 Å². The second-order valence-corrected chi connectivity index (χ2v) is 5.95. The monoisotopic (exact) mass is 334 g/mol. The van der Waals surface area contributed by atoms with Crippen molar-refractivity contribution in [2.24, 2.45) is 0 Å². The van der Waals surface area contributed by atoms with Gasteiger partial charge in [0.1, 0.15) is 12.4 Å².